The second kappa shape index (κ2) is 9.46. The second-order valence-corrected chi connectivity index (χ2v) is 7.60. The number of ether oxygens (including phenoxy) is 2. The highest BCUT2D eigenvalue weighted by Crippen LogP contribution is 2.21. The number of aromatic hydroxyl groups is 1. The summed E-state index contributed by atoms with van der Waals surface area (Å²) >= 11 is 0. The third-order valence-electron chi connectivity index (χ3n) is 3.91. The molecule has 6 nitrogen and oxygen atoms in total. The molecule has 146 valence electrons. The number of methoxy groups -OCH3 is 1. The van der Waals surface area contributed by atoms with E-state index in [1.54, 1.807) is 32.9 Å². The second-order valence-electron chi connectivity index (χ2n) is 7.60. The van der Waals surface area contributed by atoms with Crippen molar-refractivity contribution in [3.63, 3.8) is 0 Å². The van der Waals surface area contributed by atoms with Crippen molar-refractivity contribution < 1.29 is 24.2 Å². The summed E-state index contributed by atoms with van der Waals surface area (Å²) < 4.78 is 9.88. The van der Waals surface area contributed by atoms with E-state index in [4.69, 9.17) is 9.84 Å². The van der Waals surface area contributed by atoms with Crippen molar-refractivity contribution in [1.82, 2.24) is 4.90 Å². The fraction of sp³-hybridized carbons (Fsp3) is 0.600. The number of benzene rings is 1. The van der Waals surface area contributed by atoms with Gasteiger partial charge in [0.2, 0.25) is 0 Å². The maximum Gasteiger partial charge on any atom is 0.411 e. The van der Waals surface area contributed by atoms with E-state index in [9.17, 15) is 9.59 Å². The molecule has 0 aliphatic carbocycles. The lowest BCUT2D eigenvalue weighted by Crippen LogP contribution is -2.43. The van der Waals surface area contributed by atoms with Gasteiger partial charge in [-0.05, 0) is 57.2 Å². The fourth-order valence-corrected chi connectivity index (χ4v) is 2.55. The van der Waals surface area contributed by atoms with E-state index in [1.165, 1.54) is 17.6 Å². The van der Waals surface area contributed by atoms with E-state index in [0.717, 1.165) is 6.42 Å². The number of esters is 1. The maximum atomic E-state index is 11.8. The van der Waals surface area contributed by atoms with Crippen LogP contribution in [0.2, 0.25) is 0 Å². The van der Waals surface area contributed by atoms with Crippen LogP contribution in [-0.4, -0.2) is 47.4 Å². The van der Waals surface area contributed by atoms with Crippen LogP contribution < -0.4 is 0 Å². The molecule has 1 aromatic rings. The van der Waals surface area contributed by atoms with Crippen LogP contribution in [0.4, 0.5) is 4.79 Å². The minimum Gasteiger partial charge on any atom is -0.508 e. The quantitative estimate of drug-likeness (QED) is 0.800. The van der Waals surface area contributed by atoms with Crippen molar-refractivity contribution in [2.45, 2.75) is 65.0 Å². The van der Waals surface area contributed by atoms with Crippen LogP contribution in [0.1, 0.15) is 58.9 Å². The molecule has 1 N–H and O–H groups in total. The summed E-state index contributed by atoms with van der Waals surface area (Å²) in [4.78, 5) is 24.7. The molecule has 1 aliphatic rings. The van der Waals surface area contributed by atoms with Crippen LogP contribution in [0.5, 0.6) is 5.75 Å². The number of likely N-dealkylation sites (tertiary alicyclic amines) is 1. The van der Waals surface area contributed by atoms with Gasteiger partial charge in [-0.25, -0.2) is 9.59 Å². The maximum absolute atomic E-state index is 11.8. The van der Waals surface area contributed by atoms with Gasteiger partial charge in [-0.1, -0.05) is 26.0 Å². The van der Waals surface area contributed by atoms with Gasteiger partial charge < -0.3 is 14.6 Å². The SMILES string of the molecule is CC(C)c1ccc(O)cc1.COC(=O)C1CCCN1C(=O)OC(C)(C)C. The monoisotopic (exact) mass is 365 g/mol. The number of hydrogen-bond donors (Lipinski definition) is 1. The molecule has 2 rings (SSSR count). The molecule has 6 heteroatoms. The smallest absolute Gasteiger partial charge is 0.411 e. The molecule has 26 heavy (non-hydrogen) atoms. The van der Waals surface area contributed by atoms with Gasteiger partial charge in [0, 0.05) is 6.54 Å². The Kier molecular flexibility index (Phi) is 7.93. The predicted octanol–water partition coefficient (Wildman–Crippen LogP) is 4.07. The average molecular weight is 365 g/mol. The third-order valence-corrected chi connectivity index (χ3v) is 3.91. The highest BCUT2D eigenvalue weighted by Gasteiger charge is 2.37. The first-order valence-electron chi connectivity index (χ1n) is 8.91. The van der Waals surface area contributed by atoms with Crippen LogP contribution in [0, 0.1) is 0 Å². The third kappa shape index (κ3) is 6.94. The Hall–Kier alpha value is -2.24. The first-order valence-corrected chi connectivity index (χ1v) is 8.91. The molecule has 0 radical (unpaired) electrons. The Balaban J connectivity index is 0.000000289. The molecule has 1 saturated heterocycles. The summed E-state index contributed by atoms with van der Waals surface area (Å²) in [5, 5.41) is 8.94. The molecule has 1 aliphatic heterocycles. The number of carbonyl (C=O) groups is 2. The first kappa shape index (κ1) is 21.8. The molecular formula is C20H31NO5. The van der Waals surface area contributed by atoms with E-state index >= 15 is 0 Å². The Labute approximate surface area is 156 Å². The fourth-order valence-electron chi connectivity index (χ4n) is 2.55. The molecule has 1 fully saturated rings. The molecular weight excluding hydrogens is 334 g/mol. The minimum atomic E-state index is -0.541. The molecule has 1 unspecified atom stereocenters. The number of carbonyl (C=O) groups excluding carboxylic acids is 2. The van der Waals surface area contributed by atoms with E-state index in [-0.39, 0.29) is 5.97 Å². The summed E-state index contributed by atoms with van der Waals surface area (Å²) in [6.45, 7) is 10.2. The van der Waals surface area contributed by atoms with Gasteiger partial charge >= 0.3 is 12.1 Å². The Morgan fingerprint density at radius 3 is 2.23 bits per heavy atom. The van der Waals surface area contributed by atoms with Gasteiger partial charge in [-0.3, -0.25) is 4.90 Å². The zero-order valence-electron chi connectivity index (χ0n) is 16.6. The highest BCUT2D eigenvalue weighted by atomic mass is 16.6. The summed E-state index contributed by atoms with van der Waals surface area (Å²) in [6.07, 6.45) is 1.01. The van der Waals surface area contributed by atoms with E-state index in [0.29, 0.717) is 24.6 Å². The number of hydrogen-bond acceptors (Lipinski definition) is 5. The van der Waals surface area contributed by atoms with Crippen LogP contribution in [0.25, 0.3) is 0 Å². The minimum absolute atomic E-state index is 0.337. The molecule has 1 amide bonds. The normalized spacial score (nSPS) is 16.7. The van der Waals surface area contributed by atoms with Crippen LogP contribution >= 0.6 is 0 Å². The van der Waals surface area contributed by atoms with Crippen molar-refractivity contribution >= 4 is 12.1 Å². The zero-order valence-corrected chi connectivity index (χ0v) is 16.6. The lowest BCUT2D eigenvalue weighted by Gasteiger charge is -2.27. The lowest BCUT2D eigenvalue weighted by atomic mass is 10.0. The van der Waals surface area contributed by atoms with Crippen molar-refractivity contribution in [1.29, 1.82) is 0 Å². The molecule has 1 heterocycles. The van der Waals surface area contributed by atoms with Crippen LogP contribution in [0.3, 0.4) is 0 Å². The van der Waals surface area contributed by atoms with Crippen molar-refractivity contribution in [2.75, 3.05) is 13.7 Å². The van der Waals surface area contributed by atoms with Gasteiger partial charge in [0.15, 0.2) is 0 Å². The molecule has 0 aromatic heterocycles. The Bertz CT molecular complexity index is 589. The number of phenols is 1. The topological polar surface area (TPSA) is 76.1 Å². The van der Waals surface area contributed by atoms with Gasteiger partial charge in [0.25, 0.3) is 0 Å². The standard InChI is InChI=1S/C11H19NO4.C9H12O/c1-11(2,3)16-10(14)12-7-5-6-8(12)9(13)15-4;1-7(2)8-3-5-9(10)6-4-8/h8H,5-7H2,1-4H3;3-7,10H,1-2H3. The van der Waals surface area contributed by atoms with Gasteiger partial charge in [0.1, 0.15) is 17.4 Å². The van der Waals surface area contributed by atoms with Gasteiger partial charge in [0.05, 0.1) is 7.11 Å². The molecule has 0 bridgehead atoms. The Morgan fingerprint density at radius 2 is 1.77 bits per heavy atom. The van der Waals surface area contributed by atoms with Gasteiger partial charge in [-0.15, -0.1) is 0 Å². The molecule has 0 saturated carbocycles. The summed E-state index contributed by atoms with van der Waals surface area (Å²) in [5.74, 6) is 0.508. The number of nitrogens with zero attached hydrogens (tertiary/aromatic N) is 1. The zero-order chi connectivity index (χ0) is 19.9. The van der Waals surface area contributed by atoms with Crippen molar-refractivity contribution in [2.24, 2.45) is 0 Å². The van der Waals surface area contributed by atoms with Gasteiger partial charge in [-0.2, -0.15) is 0 Å². The Morgan fingerprint density at radius 1 is 1.19 bits per heavy atom. The van der Waals surface area contributed by atoms with Crippen molar-refractivity contribution in [3.05, 3.63) is 29.8 Å². The number of amides is 1. The lowest BCUT2D eigenvalue weighted by molar-refractivity contribution is -0.145. The van der Waals surface area contributed by atoms with E-state index in [2.05, 4.69) is 18.6 Å². The molecule has 1 atom stereocenters. The largest absolute Gasteiger partial charge is 0.508 e. The highest BCUT2D eigenvalue weighted by molar-refractivity contribution is 5.82. The number of rotatable bonds is 2. The average Bonchev–Trinajstić information content (AvgIpc) is 3.03. The van der Waals surface area contributed by atoms with Crippen LogP contribution in [-0.2, 0) is 14.3 Å². The number of phenolic OH excluding ortho intramolecular Hbond substituents is 1. The van der Waals surface area contributed by atoms with E-state index < -0.39 is 17.7 Å². The summed E-state index contributed by atoms with van der Waals surface area (Å²) in [6, 6.07) is 6.84. The van der Waals surface area contributed by atoms with Crippen LogP contribution in [0.15, 0.2) is 24.3 Å². The first-order chi connectivity index (χ1) is 12.0. The van der Waals surface area contributed by atoms with Crippen molar-refractivity contribution in [3.8, 4) is 5.75 Å². The van der Waals surface area contributed by atoms with E-state index in [1.807, 2.05) is 12.1 Å². The summed E-state index contributed by atoms with van der Waals surface area (Å²) in [5.41, 5.74) is 0.721. The molecule has 0 spiro atoms. The predicted molar refractivity (Wildman–Crippen MR) is 100 cm³/mol. The molecule has 1 aromatic carbocycles. The summed E-state index contributed by atoms with van der Waals surface area (Å²) in [7, 11) is 1.33.